The molecule has 0 bridgehead atoms. The Morgan fingerprint density at radius 2 is 1.94 bits per heavy atom. The molecule has 0 spiro atoms. The maximum atomic E-state index is 12.8. The second kappa shape index (κ2) is 10.7. The lowest BCUT2D eigenvalue weighted by Crippen LogP contribution is -2.27. The number of carbonyl (C=O) groups excluding carboxylic acids is 1. The third-order valence-corrected chi connectivity index (χ3v) is 4.13. The zero-order valence-electron chi connectivity index (χ0n) is 18.0. The summed E-state index contributed by atoms with van der Waals surface area (Å²) in [5.41, 5.74) is 12.2. The summed E-state index contributed by atoms with van der Waals surface area (Å²) in [7, 11) is 0. The third kappa shape index (κ3) is 9.07. The minimum absolute atomic E-state index is 0.0691. The number of alkyl halides is 3. The van der Waals surface area contributed by atoms with E-state index in [0.29, 0.717) is 17.0 Å². The summed E-state index contributed by atoms with van der Waals surface area (Å²) in [6.45, 7) is 5.99. The van der Waals surface area contributed by atoms with Crippen LogP contribution in [0.3, 0.4) is 0 Å². The van der Waals surface area contributed by atoms with Crippen LogP contribution in [0.25, 0.3) is 0 Å². The van der Waals surface area contributed by atoms with Crippen molar-refractivity contribution < 1.29 is 18.0 Å². The van der Waals surface area contributed by atoms with Gasteiger partial charge in [-0.1, -0.05) is 43.8 Å². The van der Waals surface area contributed by atoms with E-state index in [0.717, 1.165) is 0 Å². The van der Waals surface area contributed by atoms with Gasteiger partial charge in [-0.25, -0.2) is 0 Å². The number of benzene rings is 1. The van der Waals surface area contributed by atoms with Gasteiger partial charge in [0.2, 0.25) is 0 Å². The Hall–Kier alpha value is -3.55. The van der Waals surface area contributed by atoms with Crippen molar-refractivity contribution in [2.75, 3.05) is 0 Å². The molecule has 0 saturated carbocycles. The number of nitrogens with two attached hydrogens (primary N) is 1. The van der Waals surface area contributed by atoms with Gasteiger partial charge in [-0.05, 0) is 41.3 Å². The molecule has 0 unspecified atom stereocenters. The van der Waals surface area contributed by atoms with Gasteiger partial charge < -0.3 is 16.4 Å². The molecule has 1 aromatic heterocycles. The largest absolute Gasteiger partial charge is 0.389 e. The minimum Gasteiger partial charge on any atom is -0.378 e. The molecule has 0 aliphatic carbocycles. The van der Waals surface area contributed by atoms with Gasteiger partial charge in [-0.3, -0.25) is 4.79 Å². The van der Waals surface area contributed by atoms with Crippen LogP contribution >= 0.6 is 0 Å². The Kier molecular flexibility index (Phi) is 8.23. The predicted octanol–water partition coefficient (Wildman–Crippen LogP) is 3.26. The summed E-state index contributed by atoms with van der Waals surface area (Å²) in [4.78, 5) is 12.2. The maximum absolute atomic E-state index is 12.8. The van der Waals surface area contributed by atoms with Crippen LogP contribution in [-0.4, -0.2) is 32.7 Å². The number of rotatable bonds is 8. The maximum Gasteiger partial charge on any atom is 0.389 e. The first-order chi connectivity index (χ1) is 14.9. The molecule has 0 aliphatic heterocycles. The highest BCUT2D eigenvalue weighted by molar-refractivity contribution is 5.94. The number of hydrogen-bond donors (Lipinski definition) is 4. The molecular formula is C21H26F3N7O. The van der Waals surface area contributed by atoms with Crippen molar-refractivity contribution in [1.82, 2.24) is 31.3 Å². The predicted molar refractivity (Wildman–Crippen MR) is 112 cm³/mol. The first-order valence-corrected chi connectivity index (χ1v) is 9.85. The zero-order chi connectivity index (χ0) is 23.8. The van der Waals surface area contributed by atoms with Crippen molar-refractivity contribution in [3.8, 4) is 0 Å². The molecule has 5 N–H and O–H groups in total. The van der Waals surface area contributed by atoms with E-state index in [1.165, 1.54) is 12.1 Å². The first kappa shape index (κ1) is 24.7. The molecule has 11 heteroatoms. The molecule has 1 aromatic carbocycles. The summed E-state index contributed by atoms with van der Waals surface area (Å²) < 4.78 is 38.4. The number of aromatic amines is 1. The topological polar surface area (TPSA) is 122 Å². The lowest BCUT2D eigenvalue weighted by Gasteiger charge is -2.20. The first-order valence-electron chi connectivity index (χ1n) is 9.85. The second-order valence-electron chi connectivity index (χ2n) is 8.18. The highest BCUT2D eigenvalue weighted by Crippen LogP contribution is 2.28. The van der Waals surface area contributed by atoms with E-state index in [4.69, 9.17) is 5.73 Å². The van der Waals surface area contributed by atoms with Crippen LogP contribution in [0.15, 0.2) is 47.6 Å². The molecule has 8 nitrogen and oxygen atoms in total. The van der Waals surface area contributed by atoms with Gasteiger partial charge in [0.25, 0.3) is 5.91 Å². The van der Waals surface area contributed by atoms with Crippen molar-refractivity contribution in [2.24, 2.45) is 11.1 Å². The van der Waals surface area contributed by atoms with E-state index in [9.17, 15) is 18.0 Å². The fraction of sp³-hybridized carbons (Fsp3) is 0.429. The second-order valence-corrected chi connectivity index (χ2v) is 8.18. The number of halogens is 3. The SMILES string of the molecule is CC(C)(C)C=C=C=C(N)N[C@H](CCC(F)(F)F)c1ccc(C(=O)NCc2nn[nH]n2)cc1. The summed E-state index contributed by atoms with van der Waals surface area (Å²) in [5.74, 6) is 0.0117. The van der Waals surface area contributed by atoms with Crippen LogP contribution in [-0.2, 0) is 6.54 Å². The fourth-order valence-corrected chi connectivity index (χ4v) is 2.57. The summed E-state index contributed by atoms with van der Waals surface area (Å²) in [5, 5.41) is 18.6. The number of carbonyl (C=O) groups is 1. The molecule has 0 aliphatic rings. The Labute approximate surface area is 183 Å². The van der Waals surface area contributed by atoms with E-state index >= 15 is 0 Å². The van der Waals surface area contributed by atoms with Gasteiger partial charge in [-0.2, -0.15) is 18.4 Å². The van der Waals surface area contributed by atoms with E-state index < -0.39 is 18.6 Å². The number of nitrogens with zero attached hydrogens (tertiary/aromatic N) is 3. The van der Waals surface area contributed by atoms with Crippen LogP contribution in [0.5, 0.6) is 0 Å². The average molecular weight is 449 g/mol. The van der Waals surface area contributed by atoms with Crippen molar-refractivity contribution in [3.05, 3.63) is 64.6 Å². The molecule has 2 aromatic rings. The van der Waals surface area contributed by atoms with Gasteiger partial charge >= 0.3 is 6.18 Å². The highest BCUT2D eigenvalue weighted by Gasteiger charge is 2.29. The van der Waals surface area contributed by atoms with E-state index in [1.54, 1.807) is 18.2 Å². The number of aromatic nitrogens is 4. The lowest BCUT2D eigenvalue weighted by atomic mass is 9.97. The standard InChI is InChI=1S/C21H26F3N7O/c1-20(2,3)11-4-5-17(25)27-16(10-12-21(22,23)24)14-6-8-15(9-7-14)19(32)26-13-18-28-30-31-29-18/h6-9,11,16,27H,10,12-13,25H2,1-3H3,(H,26,32)(H,28,29,30,31)/t16-/m1/s1. The number of tetrazole rings is 1. The molecule has 32 heavy (non-hydrogen) atoms. The molecule has 1 heterocycles. The molecule has 172 valence electrons. The van der Waals surface area contributed by atoms with Crippen LogP contribution < -0.4 is 16.4 Å². The Balaban J connectivity index is 2.14. The Morgan fingerprint density at radius 1 is 1.25 bits per heavy atom. The van der Waals surface area contributed by atoms with Gasteiger partial charge in [0, 0.05) is 12.0 Å². The van der Waals surface area contributed by atoms with Crippen molar-refractivity contribution in [2.45, 2.75) is 52.4 Å². The number of hydrogen-bond acceptors (Lipinski definition) is 6. The van der Waals surface area contributed by atoms with Gasteiger partial charge in [0.1, 0.15) is 5.82 Å². The zero-order valence-corrected chi connectivity index (χ0v) is 18.0. The molecule has 2 rings (SSSR count). The third-order valence-electron chi connectivity index (χ3n) is 4.13. The molecule has 1 atom stereocenters. The molecule has 0 radical (unpaired) electrons. The van der Waals surface area contributed by atoms with Crippen LogP contribution in [0.1, 0.15) is 61.4 Å². The lowest BCUT2D eigenvalue weighted by molar-refractivity contribution is -0.136. The van der Waals surface area contributed by atoms with E-state index in [-0.39, 0.29) is 30.1 Å². The number of amides is 1. The molecule has 1 amide bonds. The molecule has 0 fully saturated rings. The summed E-state index contributed by atoms with van der Waals surface area (Å²) >= 11 is 0. The number of H-pyrrole nitrogens is 1. The van der Waals surface area contributed by atoms with Crippen molar-refractivity contribution >= 4 is 5.91 Å². The van der Waals surface area contributed by atoms with Crippen LogP contribution in [0, 0.1) is 5.41 Å². The van der Waals surface area contributed by atoms with Gasteiger partial charge in [0.05, 0.1) is 12.6 Å². The van der Waals surface area contributed by atoms with Crippen LogP contribution in [0.2, 0.25) is 0 Å². The molecule has 0 saturated heterocycles. The Bertz CT molecular complexity index is 980. The van der Waals surface area contributed by atoms with Crippen molar-refractivity contribution in [1.29, 1.82) is 0 Å². The average Bonchev–Trinajstić information content (AvgIpc) is 3.21. The summed E-state index contributed by atoms with van der Waals surface area (Å²) in [6.07, 6.45) is -3.78. The summed E-state index contributed by atoms with van der Waals surface area (Å²) in [6, 6.07) is 5.49. The number of nitrogens with one attached hydrogen (secondary N) is 3. The Morgan fingerprint density at radius 3 is 2.50 bits per heavy atom. The molecular weight excluding hydrogens is 423 g/mol. The van der Waals surface area contributed by atoms with Gasteiger partial charge in [-0.15, -0.1) is 10.2 Å². The van der Waals surface area contributed by atoms with Gasteiger partial charge in [0.15, 0.2) is 5.82 Å². The highest BCUT2D eigenvalue weighted by atomic mass is 19.4. The van der Waals surface area contributed by atoms with E-state index in [2.05, 4.69) is 42.7 Å². The quantitative estimate of drug-likeness (QED) is 0.459. The fourth-order valence-electron chi connectivity index (χ4n) is 2.57. The van der Waals surface area contributed by atoms with Crippen molar-refractivity contribution in [3.63, 3.8) is 0 Å². The normalized spacial score (nSPS) is 12.3. The minimum atomic E-state index is -4.31. The number of allylic oxidation sites excluding steroid dienone is 1. The van der Waals surface area contributed by atoms with Crippen LogP contribution in [0.4, 0.5) is 13.2 Å². The smallest absolute Gasteiger partial charge is 0.378 e. The van der Waals surface area contributed by atoms with E-state index in [1.807, 2.05) is 20.8 Å². The monoisotopic (exact) mass is 449 g/mol.